The molecule has 0 atom stereocenters. The molecule has 0 radical (unpaired) electrons. The zero-order valence-corrected chi connectivity index (χ0v) is 13.2. The quantitative estimate of drug-likeness (QED) is 0.872. The summed E-state index contributed by atoms with van der Waals surface area (Å²) in [7, 11) is 2.17. The third kappa shape index (κ3) is 2.26. The molecule has 2 aromatic rings. The molecule has 0 amide bonds. The van der Waals surface area contributed by atoms with Gasteiger partial charge in [0.1, 0.15) is 0 Å². The number of nitrogen functional groups attached to an aromatic ring is 1. The minimum Gasteiger partial charge on any atom is -0.368 e. The molecule has 2 N–H and O–H groups in total. The highest BCUT2D eigenvalue weighted by Gasteiger charge is 2.24. The van der Waals surface area contributed by atoms with E-state index in [0.717, 1.165) is 43.9 Å². The predicted octanol–water partition coefficient (Wildman–Crippen LogP) is 1.90. The minimum absolute atomic E-state index is 0.419. The Labute approximate surface area is 128 Å². The molecule has 3 heterocycles. The van der Waals surface area contributed by atoms with E-state index in [1.807, 2.05) is 11.3 Å². The fourth-order valence-electron chi connectivity index (χ4n) is 3.35. The van der Waals surface area contributed by atoms with Gasteiger partial charge in [-0.25, -0.2) is 4.98 Å². The van der Waals surface area contributed by atoms with Gasteiger partial charge in [0.25, 0.3) is 0 Å². The fourth-order valence-corrected chi connectivity index (χ4v) is 4.70. The smallest absolute Gasteiger partial charge is 0.222 e. The van der Waals surface area contributed by atoms with Crippen molar-refractivity contribution in [3.8, 4) is 0 Å². The maximum absolute atomic E-state index is 6.00. The van der Waals surface area contributed by atoms with E-state index in [0.29, 0.717) is 5.95 Å². The molecule has 0 spiro atoms. The number of aryl methyl sites for hydroxylation is 2. The number of likely N-dealkylation sites (N-methyl/N-ethyl adjacent to an activating group) is 1. The van der Waals surface area contributed by atoms with E-state index in [9.17, 15) is 0 Å². The van der Waals surface area contributed by atoms with Crippen molar-refractivity contribution >= 4 is 33.3 Å². The van der Waals surface area contributed by atoms with Gasteiger partial charge in [-0.2, -0.15) is 4.98 Å². The van der Waals surface area contributed by atoms with Crippen molar-refractivity contribution in [2.75, 3.05) is 43.9 Å². The third-order valence-corrected chi connectivity index (χ3v) is 5.87. The molecule has 1 aliphatic carbocycles. The van der Waals surface area contributed by atoms with Gasteiger partial charge in [0.2, 0.25) is 5.95 Å². The minimum atomic E-state index is 0.419. The van der Waals surface area contributed by atoms with Crippen LogP contribution in [0.2, 0.25) is 0 Å². The summed E-state index contributed by atoms with van der Waals surface area (Å²) in [6.45, 7) is 4.20. The molecule has 112 valence electrons. The molecule has 0 unspecified atom stereocenters. The van der Waals surface area contributed by atoms with E-state index in [4.69, 9.17) is 5.73 Å². The van der Waals surface area contributed by atoms with Gasteiger partial charge in [-0.1, -0.05) is 0 Å². The van der Waals surface area contributed by atoms with Crippen LogP contribution in [0.1, 0.15) is 23.3 Å². The monoisotopic (exact) mass is 303 g/mol. The molecule has 1 saturated heterocycles. The van der Waals surface area contributed by atoms with Crippen LogP contribution in [0.25, 0.3) is 10.2 Å². The van der Waals surface area contributed by atoms with Crippen LogP contribution in [-0.2, 0) is 12.8 Å². The van der Waals surface area contributed by atoms with Gasteiger partial charge >= 0.3 is 0 Å². The second-order valence-electron chi connectivity index (χ2n) is 6.08. The van der Waals surface area contributed by atoms with E-state index >= 15 is 0 Å². The summed E-state index contributed by atoms with van der Waals surface area (Å²) in [5.74, 6) is 1.48. The highest BCUT2D eigenvalue weighted by molar-refractivity contribution is 7.19. The van der Waals surface area contributed by atoms with E-state index in [2.05, 4.69) is 26.8 Å². The maximum Gasteiger partial charge on any atom is 0.222 e. The Kier molecular flexibility index (Phi) is 3.23. The molecule has 0 aromatic carbocycles. The summed E-state index contributed by atoms with van der Waals surface area (Å²) in [5.41, 5.74) is 8.55. The summed E-state index contributed by atoms with van der Waals surface area (Å²) in [4.78, 5) is 15.4. The number of nitrogens with zero attached hydrogens (tertiary/aromatic N) is 4. The Bertz CT molecular complexity index is 672. The summed E-state index contributed by atoms with van der Waals surface area (Å²) >= 11 is 1.89. The number of thiophene rings is 1. The average molecular weight is 303 g/mol. The number of hydrogen-bond donors (Lipinski definition) is 1. The predicted molar refractivity (Wildman–Crippen MR) is 88.2 cm³/mol. The largest absolute Gasteiger partial charge is 0.368 e. The third-order valence-electron chi connectivity index (χ3n) is 4.60. The Hall–Kier alpha value is -1.40. The molecule has 1 fully saturated rings. The molecular formula is C15H21N5S. The summed E-state index contributed by atoms with van der Waals surface area (Å²) in [5, 5.41) is 0. The lowest BCUT2D eigenvalue weighted by molar-refractivity contribution is 0.312. The second-order valence-corrected chi connectivity index (χ2v) is 7.19. The first-order valence-corrected chi connectivity index (χ1v) is 8.55. The van der Waals surface area contributed by atoms with Crippen LogP contribution in [0.15, 0.2) is 0 Å². The van der Waals surface area contributed by atoms with Crippen LogP contribution in [0.5, 0.6) is 0 Å². The van der Waals surface area contributed by atoms with Crippen LogP contribution in [0, 0.1) is 0 Å². The normalized spacial score (nSPS) is 20.0. The first-order chi connectivity index (χ1) is 10.2. The first kappa shape index (κ1) is 13.3. The van der Waals surface area contributed by atoms with E-state index in [1.165, 1.54) is 34.4 Å². The van der Waals surface area contributed by atoms with Crippen molar-refractivity contribution in [2.24, 2.45) is 0 Å². The number of fused-ring (bicyclic) bond motifs is 3. The zero-order valence-electron chi connectivity index (χ0n) is 12.4. The first-order valence-electron chi connectivity index (χ1n) is 7.73. The van der Waals surface area contributed by atoms with Gasteiger partial charge in [-0.15, -0.1) is 11.3 Å². The van der Waals surface area contributed by atoms with Gasteiger partial charge < -0.3 is 15.5 Å². The number of rotatable bonds is 1. The van der Waals surface area contributed by atoms with E-state index in [-0.39, 0.29) is 0 Å². The Morgan fingerprint density at radius 3 is 2.62 bits per heavy atom. The van der Waals surface area contributed by atoms with Crippen molar-refractivity contribution in [3.05, 3.63) is 10.4 Å². The van der Waals surface area contributed by atoms with Crippen LogP contribution < -0.4 is 10.6 Å². The molecule has 0 saturated carbocycles. The molecule has 5 nitrogen and oxygen atoms in total. The van der Waals surface area contributed by atoms with Gasteiger partial charge in [0.15, 0.2) is 5.82 Å². The molecule has 1 aliphatic heterocycles. The standard InChI is InChI=1S/C15H21N5S/c1-19-6-8-20(9-7-19)14-13-12(17-15(16)18-14)10-4-2-3-5-11(10)21-13/h2-9H2,1H3,(H2,16,17,18). The Balaban J connectivity index is 1.82. The lowest BCUT2D eigenvalue weighted by Crippen LogP contribution is -2.44. The molecule has 21 heavy (non-hydrogen) atoms. The van der Waals surface area contributed by atoms with Crippen LogP contribution >= 0.6 is 11.3 Å². The lowest BCUT2D eigenvalue weighted by atomic mass is 9.98. The highest BCUT2D eigenvalue weighted by Crippen LogP contribution is 2.39. The number of nitrogens with two attached hydrogens (primary N) is 1. The average Bonchev–Trinajstić information content (AvgIpc) is 2.86. The highest BCUT2D eigenvalue weighted by atomic mass is 32.1. The molecular weight excluding hydrogens is 282 g/mol. The lowest BCUT2D eigenvalue weighted by Gasteiger charge is -2.33. The van der Waals surface area contributed by atoms with Gasteiger partial charge in [0, 0.05) is 31.1 Å². The summed E-state index contributed by atoms with van der Waals surface area (Å²) < 4.78 is 1.25. The Morgan fingerprint density at radius 1 is 1.05 bits per heavy atom. The summed E-state index contributed by atoms with van der Waals surface area (Å²) in [6, 6.07) is 0. The fraction of sp³-hybridized carbons (Fsp3) is 0.600. The van der Waals surface area contributed by atoms with Crippen LogP contribution in [0.3, 0.4) is 0 Å². The van der Waals surface area contributed by atoms with Gasteiger partial charge in [0.05, 0.1) is 10.2 Å². The van der Waals surface area contributed by atoms with Crippen LogP contribution in [0.4, 0.5) is 11.8 Å². The van der Waals surface area contributed by atoms with Crippen molar-refractivity contribution in [1.29, 1.82) is 0 Å². The van der Waals surface area contributed by atoms with Crippen molar-refractivity contribution in [2.45, 2.75) is 25.7 Å². The van der Waals surface area contributed by atoms with Gasteiger partial charge in [-0.05, 0) is 38.3 Å². The van der Waals surface area contributed by atoms with E-state index < -0.39 is 0 Å². The maximum atomic E-state index is 6.00. The molecule has 6 heteroatoms. The molecule has 4 rings (SSSR count). The second kappa shape index (κ2) is 5.10. The van der Waals surface area contributed by atoms with Crippen molar-refractivity contribution in [3.63, 3.8) is 0 Å². The SMILES string of the molecule is CN1CCN(c2nc(N)nc3c4c(sc23)CCCC4)CC1. The van der Waals surface area contributed by atoms with Crippen LogP contribution in [-0.4, -0.2) is 48.1 Å². The molecule has 2 aliphatic rings. The summed E-state index contributed by atoms with van der Waals surface area (Å²) in [6.07, 6.45) is 4.91. The number of aromatic nitrogens is 2. The number of anilines is 2. The Morgan fingerprint density at radius 2 is 1.81 bits per heavy atom. The van der Waals surface area contributed by atoms with E-state index in [1.54, 1.807) is 0 Å². The molecule has 0 bridgehead atoms. The van der Waals surface area contributed by atoms with Crippen molar-refractivity contribution in [1.82, 2.24) is 14.9 Å². The van der Waals surface area contributed by atoms with Gasteiger partial charge in [-0.3, -0.25) is 0 Å². The number of hydrogen-bond acceptors (Lipinski definition) is 6. The number of piperazine rings is 1. The zero-order chi connectivity index (χ0) is 14.4. The topological polar surface area (TPSA) is 58.3 Å². The van der Waals surface area contributed by atoms with Crippen molar-refractivity contribution < 1.29 is 0 Å². The molecule has 2 aromatic heterocycles.